The zero-order chi connectivity index (χ0) is 68.0. The third kappa shape index (κ3) is 17.4. The van der Waals surface area contributed by atoms with Crippen LogP contribution in [-0.4, -0.2) is 385 Å². The fourth-order valence-corrected chi connectivity index (χ4v) is 11.3. The number of carbonyl (C=O) groups is 4. The molecule has 528 valence electrons. The fraction of sp³-hybridized carbons (Fsp3) is 0.922. The van der Waals surface area contributed by atoms with Crippen molar-refractivity contribution in [1.82, 2.24) is 16.0 Å². The summed E-state index contributed by atoms with van der Waals surface area (Å²) in [5.41, 5.74) is 0. The van der Waals surface area contributed by atoms with Crippen LogP contribution in [0.15, 0.2) is 0 Å². The molecule has 6 heterocycles. The van der Waals surface area contributed by atoms with Crippen LogP contribution >= 0.6 is 0 Å². The van der Waals surface area contributed by atoms with Gasteiger partial charge in [0.1, 0.15) is 146 Å². The van der Waals surface area contributed by atoms with Crippen molar-refractivity contribution in [3.63, 3.8) is 0 Å². The number of carbonyl (C=O) groups excluding carboxylic acids is 3. The van der Waals surface area contributed by atoms with Crippen LogP contribution in [0, 0.1) is 0 Å². The zero-order valence-electron chi connectivity index (χ0n) is 49.5. The lowest BCUT2D eigenvalue weighted by Crippen LogP contribution is -2.70. The van der Waals surface area contributed by atoms with Gasteiger partial charge >= 0.3 is 5.97 Å². The molecule has 0 radical (unpaired) electrons. The van der Waals surface area contributed by atoms with Gasteiger partial charge in [-0.3, -0.25) is 14.4 Å². The first-order valence-corrected chi connectivity index (χ1v) is 28.9. The Kier molecular flexibility index (Phi) is 27.8. The summed E-state index contributed by atoms with van der Waals surface area (Å²) in [5.74, 6) is -8.13. The second kappa shape index (κ2) is 33.0. The first kappa shape index (κ1) is 76.6. The second-order valence-electron chi connectivity index (χ2n) is 23.0. The van der Waals surface area contributed by atoms with E-state index in [0.717, 1.165) is 20.8 Å². The standard InChI is InChI=1S/C51H87N3O37/c1-13-27(66)33(72)36(75)46(81-13)88-42-26(54-17(5)62)45(85-24(11-59)40(42)87-49-44(35(74)31(70)22(9-57)84-49)89-47-37(76)34(73)28(67)14(2)82-47)80-12-21(65)30(69)39(18(7-55)52-15(3)60)86-48-38(77)43(32(71)23(10-58)83-48)91-51(50(78)79)6-19(63)25(53-16(4)61)41(90-51)29(68)20(64)8-56/h13-14,18-49,55-59,63-77H,6-12H2,1-5H3,(H,52,60)(H,53,61)(H,54,62)(H,78,79)/t13-,14-,18-,19-,20+,21+,22+,23+,24+,25+,26+,27+,28+,29+,30-,31-,32-,33+,34+,35-,36-,37-,38+,39+,40+,41+,42+,43-,44+,45+,46-,47-,48-,49-,51-/m0/s1. The van der Waals surface area contributed by atoms with E-state index in [-0.39, 0.29) is 0 Å². The largest absolute Gasteiger partial charge is 0.477 e. The first-order valence-electron chi connectivity index (χ1n) is 28.9. The molecule has 0 saturated carbocycles. The van der Waals surface area contributed by atoms with Gasteiger partial charge in [-0.1, -0.05) is 0 Å². The van der Waals surface area contributed by atoms with Gasteiger partial charge in [-0.25, -0.2) is 4.79 Å². The molecule has 3 amide bonds. The van der Waals surface area contributed by atoms with Gasteiger partial charge < -0.3 is 180 Å². The van der Waals surface area contributed by atoms with Crippen LogP contribution in [0.25, 0.3) is 0 Å². The van der Waals surface area contributed by atoms with Gasteiger partial charge in [0.15, 0.2) is 31.5 Å². The normalized spacial score (nSPS) is 44.3. The summed E-state index contributed by atoms with van der Waals surface area (Å²) < 4.78 is 70.2. The average molecular weight is 1330 g/mol. The van der Waals surface area contributed by atoms with E-state index in [2.05, 4.69) is 16.0 Å². The van der Waals surface area contributed by atoms with Crippen LogP contribution in [-0.2, 0) is 76.0 Å². The highest BCUT2D eigenvalue weighted by Gasteiger charge is 2.61. The van der Waals surface area contributed by atoms with Crippen LogP contribution < -0.4 is 16.0 Å². The number of ether oxygens (including phenoxy) is 12. The lowest BCUT2D eigenvalue weighted by Gasteiger charge is -2.51. The van der Waals surface area contributed by atoms with Crippen LogP contribution in [0.4, 0.5) is 0 Å². The zero-order valence-corrected chi connectivity index (χ0v) is 49.5. The molecule has 91 heavy (non-hydrogen) atoms. The Balaban J connectivity index is 1.33. The summed E-state index contributed by atoms with van der Waals surface area (Å²) in [7, 11) is 0. The summed E-state index contributed by atoms with van der Waals surface area (Å²) in [4.78, 5) is 51.0. The molecule has 6 aliphatic heterocycles. The second-order valence-corrected chi connectivity index (χ2v) is 23.0. The van der Waals surface area contributed by atoms with E-state index in [4.69, 9.17) is 56.8 Å². The van der Waals surface area contributed by atoms with Gasteiger partial charge in [0, 0.05) is 27.2 Å². The Bertz CT molecular complexity index is 2330. The van der Waals surface area contributed by atoms with E-state index in [1.54, 1.807) is 0 Å². The van der Waals surface area contributed by atoms with Crippen LogP contribution in [0.1, 0.15) is 41.0 Å². The number of aliphatic carboxylic acids is 1. The van der Waals surface area contributed by atoms with Crippen molar-refractivity contribution < 1.29 is 183 Å². The third-order valence-corrected chi connectivity index (χ3v) is 16.3. The van der Waals surface area contributed by atoms with Crippen LogP contribution in [0.3, 0.4) is 0 Å². The highest BCUT2D eigenvalue weighted by molar-refractivity contribution is 5.77. The molecule has 40 heteroatoms. The Hall–Kier alpha value is -3.40. The molecule has 40 nitrogen and oxygen atoms in total. The molecule has 35 atom stereocenters. The first-order chi connectivity index (χ1) is 42.7. The molecule has 0 unspecified atom stereocenters. The lowest BCUT2D eigenvalue weighted by atomic mass is 9.88. The summed E-state index contributed by atoms with van der Waals surface area (Å²) in [6.45, 7) is -1.57. The Labute approximate surface area is 516 Å². The highest BCUT2D eigenvalue weighted by atomic mass is 16.8. The number of nitrogens with one attached hydrogen (secondary N) is 3. The topological polar surface area (TPSA) is 640 Å². The highest BCUT2D eigenvalue weighted by Crippen LogP contribution is 2.40. The van der Waals surface area contributed by atoms with E-state index >= 15 is 0 Å². The quantitative estimate of drug-likeness (QED) is 0.0363. The summed E-state index contributed by atoms with van der Waals surface area (Å²) in [6.07, 6.45) is -64.4. The maximum Gasteiger partial charge on any atom is 0.364 e. The maximum absolute atomic E-state index is 13.2. The summed E-state index contributed by atoms with van der Waals surface area (Å²) >= 11 is 0. The van der Waals surface area contributed by atoms with Crippen molar-refractivity contribution in [3.05, 3.63) is 0 Å². The molecule has 6 aliphatic rings. The van der Waals surface area contributed by atoms with Crippen molar-refractivity contribution in [2.24, 2.45) is 0 Å². The molecule has 6 saturated heterocycles. The van der Waals surface area contributed by atoms with Gasteiger partial charge in [-0.15, -0.1) is 0 Å². The molecule has 0 aromatic carbocycles. The monoisotopic (exact) mass is 1330 g/mol. The number of aliphatic hydroxyl groups excluding tert-OH is 20. The maximum atomic E-state index is 13.2. The van der Waals surface area contributed by atoms with Crippen molar-refractivity contribution >= 4 is 23.7 Å². The predicted molar refractivity (Wildman–Crippen MR) is 283 cm³/mol. The van der Waals surface area contributed by atoms with E-state index in [1.165, 1.54) is 13.8 Å². The summed E-state index contributed by atoms with van der Waals surface area (Å²) in [5, 5.41) is 236. The van der Waals surface area contributed by atoms with Crippen molar-refractivity contribution in [3.8, 4) is 0 Å². The fourth-order valence-electron chi connectivity index (χ4n) is 11.3. The number of hydrogen-bond acceptors (Lipinski definition) is 36. The molecule has 0 aliphatic carbocycles. The molecular formula is C51H87N3O37. The van der Waals surface area contributed by atoms with Crippen molar-refractivity contribution in [2.45, 2.75) is 255 Å². The van der Waals surface area contributed by atoms with Gasteiger partial charge in [0.05, 0.1) is 70.0 Å². The van der Waals surface area contributed by atoms with Crippen LogP contribution in [0.2, 0.25) is 0 Å². The van der Waals surface area contributed by atoms with Gasteiger partial charge in [0.2, 0.25) is 17.7 Å². The minimum atomic E-state index is -3.27. The van der Waals surface area contributed by atoms with Gasteiger partial charge in [-0.05, 0) is 13.8 Å². The third-order valence-electron chi connectivity index (χ3n) is 16.3. The molecule has 0 bridgehead atoms. The number of amides is 3. The minimum Gasteiger partial charge on any atom is -0.477 e. The summed E-state index contributed by atoms with van der Waals surface area (Å²) in [6, 6.07) is -5.46. The number of carboxylic acid groups (broad SMARTS) is 1. The van der Waals surface area contributed by atoms with Gasteiger partial charge in [0.25, 0.3) is 5.79 Å². The van der Waals surface area contributed by atoms with E-state index in [1.807, 2.05) is 0 Å². The lowest BCUT2D eigenvalue weighted by molar-refractivity contribution is -0.393. The van der Waals surface area contributed by atoms with Crippen LogP contribution in [0.5, 0.6) is 0 Å². The molecule has 0 aromatic heterocycles. The minimum absolute atomic E-state index is 0.856. The Morgan fingerprint density at radius 2 is 1.02 bits per heavy atom. The SMILES string of the molecule is CC(=O)N[C@H]1[C@H](OC[C@@H](O)[C@H](O)[C@H](O[C@@H]2O[C@H](CO)[C@H](O)[C@H](O[C@]3(C(=O)O)C[C@H](O)[C@@H](NC(C)=O)[C@H]([C@H](O)[C@H](O)CO)O3)[C@H]2O)[C@H](CO)NC(C)=O)O[C@H](CO)[C@@H](O[C@@H]2O[C@H](CO)[C@H](O)[C@H](O)[C@H]2O[C@@H]2O[C@@H](C)[C@@H](O)[C@@H](O)[C@@H]2O)[C@@H]1O[C@@H]1O[C@@H](C)[C@@H](O)[C@@H](O)[C@@H]1O. The van der Waals surface area contributed by atoms with E-state index in [0.29, 0.717) is 0 Å². The van der Waals surface area contributed by atoms with E-state index < -0.39 is 284 Å². The predicted octanol–water partition coefficient (Wildman–Crippen LogP) is -14.9. The molecule has 6 fully saturated rings. The Morgan fingerprint density at radius 1 is 0.516 bits per heavy atom. The molecule has 24 N–H and O–H groups in total. The average Bonchev–Trinajstić information content (AvgIpc) is 0.778. The number of carboxylic acids is 1. The molecule has 6 rings (SSSR count). The van der Waals surface area contributed by atoms with Crippen molar-refractivity contribution in [2.75, 3.05) is 39.6 Å². The molecule has 0 spiro atoms. The Morgan fingerprint density at radius 3 is 1.53 bits per heavy atom. The van der Waals surface area contributed by atoms with E-state index in [9.17, 15) is 126 Å². The number of hydrogen-bond donors (Lipinski definition) is 24. The number of aliphatic hydroxyl groups is 20. The molecule has 0 aromatic rings. The molecular weight excluding hydrogens is 1250 g/mol. The van der Waals surface area contributed by atoms with Crippen molar-refractivity contribution in [1.29, 1.82) is 0 Å². The van der Waals surface area contributed by atoms with Gasteiger partial charge in [-0.2, -0.15) is 0 Å². The smallest absolute Gasteiger partial charge is 0.364 e. The number of rotatable bonds is 27.